The van der Waals surface area contributed by atoms with Crippen molar-refractivity contribution in [3.63, 3.8) is 0 Å². The maximum Gasteiger partial charge on any atom is 0.417 e. The molecule has 192 valence electrons. The molecular formula is C25H27ClF3N5O2. The Labute approximate surface area is 211 Å². The van der Waals surface area contributed by atoms with Crippen molar-refractivity contribution >= 4 is 40.8 Å². The molecule has 1 aromatic carbocycles. The SMILES string of the molecule is C=O.Cc1cc(CN2CCN(c3ncc(C(F)(F)F)cc3Cl)CC2)cc2[nH]c(=O)c3c(c12)NCCC3. The third kappa shape index (κ3) is 5.19. The Balaban J connectivity index is 0.00000148. The quantitative estimate of drug-likeness (QED) is 0.532. The van der Waals surface area contributed by atoms with E-state index in [2.05, 4.69) is 33.2 Å². The normalized spacial score (nSPS) is 16.2. The molecule has 2 aliphatic rings. The van der Waals surface area contributed by atoms with Crippen LogP contribution in [0.5, 0.6) is 0 Å². The van der Waals surface area contributed by atoms with Crippen LogP contribution >= 0.6 is 11.6 Å². The maximum atomic E-state index is 12.9. The number of nitrogens with zero attached hydrogens (tertiary/aromatic N) is 3. The number of halogens is 4. The molecule has 2 aromatic heterocycles. The smallest absolute Gasteiger partial charge is 0.384 e. The van der Waals surface area contributed by atoms with E-state index in [1.807, 2.05) is 17.8 Å². The number of hydrogen-bond acceptors (Lipinski definition) is 6. The number of carbonyl (C=O) groups is 1. The van der Waals surface area contributed by atoms with Crippen LogP contribution in [0.1, 0.15) is 28.7 Å². The van der Waals surface area contributed by atoms with Crippen LogP contribution in [0.25, 0.3) is 10.9 Å². The van der Waals surface area contributed by atoms with Crippen molar-refractivity contribution in [2.24, 2.45) is 0 Å². The van der Waals surface area contributed by atoms with Crippen molar-refractivity contribution in [3.05, 3.63) is 62.0 Å². The van der Waals surface area contributed by atoms with Gasteiger partial charge in [-0.2, -0.15) is 13.2 Å². The first-order valence-corrected chi connectivity index (χ1v) is 12.0. The first kappa shape index (κ1) is 26.0. The largest absolute Gasteiger partial charge is 0.417 e. The van der Waals surface area contributed by atoms with Gasteiger partial charge in [0.2, 0.25) is 0 Å². The Bertz CT molecular complexity index is 1320. The lowest BCUT2D eigenvalue weighted by Gasteiger charge is -2.36. The number of aryl methyl sites for hydroxylation is 1. The number of alkyl halides is 3. The first-order valence-electron chi connectivity index (χ1n) is 11.6. The minimum atomic E-state index is -4.47. The Morgan fingerprint density at radius 2 is 1.86 bits per heavy atom. The second-order valence-corrected chi connectivity index (χ2v) is 9.37. The molecule has 0 atom stereocenters. The molecule has 0 bridgehead atoms. The number of nitrogens with one attached hydrogen (secondary N) is 2. The van der Waals surface area contributed by atoms with Gasteiger partial charge in [-0.25, -0.2) is 4.98 Å². The summed E-state index contributed by atoms with van der Waals surface area (Å²) in [4.78, 5) is 31.8. The Morgan fingerprint density at radius 3 is 2.53 bits per heavy atom. The van der Waals surface area contributed by atoms with Crippen LogP contribution in [-0.2, 0) is 23.9 Å². The van der Waals surface area contributed by atoms with E-state index in [1.165, 1.54) is 0 Å². The summed E-state index contributed by atoms with van der Waals surface area (Å²) in [5, 5.41) is 4.49. The number of aromatic amines is 1. The van der Waals surface area contributed by atoms with E-state index < -0.39 is 11.7 Å². The van der Waals surface area contributed by atoms with Gasteiger partial charge in [-0.15, -0.1) is 0 Å². The molecule has 4 heterocycles. The topological polar surface area (TPSA) is 81.3 Å². The van der Waals surface area contributed by atoms with Crippen molar-refractivity contribution < 1.29 is 18.0 Å². The Morgan fingerprint density at radius 1 is 1.14 bits per heavy atom. The Kier molecular flexibility index (Phi) is 7.56. The van der Waals surface area contributed by atoms with E-state index in [-0.39, 0.29) is 10.6 Å². The molecule has 1 fully saturated rings. The monoisotopic (exact) mass is 521 g/mol. The molecule has 11 heteroatoms. The van der Waals surface area contributed by atoms with E-state index >= 15 is 0 Å². The first-order chi connectivity index (χ1) is 17.2. The maximum absolute atomic E-state index is 12.9. The standard InChI is InChI=1S/C24H25ClF3N5O.CH2O/c1-14-9-15(10-19-20(14)21-17(23(34)31-19)3-2-4-29-21)13-32-5-7-33(8-6-32)22-18(25)11-16(12-30-22)24(26,27)28;1-2/h9-12,29H,2-8,13H2,1H3,(H,31,34);1H2. The van der Waals surface area contributed by atoms with E-state index in [4.69, 9.17) is 16.4 Å². The molecule has 36 heavy (non-hydrogen) atoms. The second kappa shape index (κ2) is 10.5. The van der Waals surface area contributed by atoms with Crippen LogP contribution in [0.3, 0.4) is 0 Å². The molecule has 0 aliphatic carbocycles. The van der Waals surface area contributed by atoms with Gasteiger partial charge in [0.25, 0.3) is 5.56 Å². The molecule has 3 aromatic rings. The predicted octanol–water partition coefficient (Wildman–Crippen LogP) is 4.40. The average Bonchev–Trinajstić information content (AvgIpc) is 2.85. The molecule has 1 saturated heterocycles. The molecule has 2 N–H and O–H groups in total. The zero-order valence-corrected chi connectivity index (χ0v) is 20.6. The molecule has 0 unspecified atom stereocenters. The van der Waals surface area contributed by atoms with Gasteiger partial charge in [-0.1, -0.05) is 17.7 Å². The van der Waals surface area contributed by atoms with Crippen molar-refractivity contribution in [1.29, 1.82) is 0 Å². The van der Waals surface area contributed by atoms with Crippen LogP contribution in [0.4, 0.5) is 24.7 Å². The fourth-order valence-electron chi connectivity index (χ4n) is 4.95. The number of benzene rings is 1. The number of piperazine rings is 1. The van der Waals surface area contributed by atoms with Crippen molar-refractivity contribution in [2.75, 3.05) is 42.9 Å². The second-order valence-electron chi connectivity index (χ2n) is 8.96. The van der Waals surface area contributed by atoms with Crippen molar-refractivity contribution in [3.8, 4) is 0 Å². The lowest BCUT2D eigenvalue weighted by Crippen LogP contribution is -2.46. The molecule has 0 amide bonds. The van der Waals surface area contributed by atoms with Crippen LogP contribution in [-0.4, -0.2) is 54.4 Å². The third-order valence-corrected chi connectivity index (χ3v) is 6.88. The van der Waals surface area contributed by atoms with Gasteiger partial charge in [-0.05, 0) is 43.0 Å². The highest BCUT2D eigenvalue weighted by Crippen LogP contribution is 2.34. The lowest BCUT2D eigenvalue weighted by atomic mass is 9.97. The van der Waals surface area contributed by atoms with Gasteiger partial charge >= 0.3 is 6.18 Å². The minimum Gasteiger partial charge on any atom is -0.384 e. The molecular weight excluding hydrogens is 495 g/mol. The van der Waals surface area contributed by atoms with Crippen LogP contribution in [0.2, 0.25) is 5.02 Å². The van der Waals surface area contributed by atoms with Gasteiger partial charge in [0.15, 0.2) is 0 Å². The molecule has 0 saturated carbocycles. The molecule has 0 radical (unpaired) electrons. The molecule has 7 nitrogen and oxygen atoms in total. The number of aromatic nitrogens is 2. The summed E-state index contributed by atoms with van der Waals surface area (Å²) in [5.41, 5.74) is 3.99. The van der Waals surface area contributed by atoms with Gasteiger partial charge in [-0.3, -0.25) is 9.69 Å². The number of fused-ring (bicyclic) bond motifs is 3. The summed E-state index contributed by atoms with van der Waals surface area (Å²) in [6.45, 7) is 8.31. The number of rotatable bonds is 3. The van der Waals surface area contributed by atoms with Gasteiger partial charge in [0.05, 0.1) is 21.8 Å². The van der Waals surface area contributed by atoms with Crippen LogP contribution in [0.15, 0.2) is 29.2 Å². The fraction of sp³-hybridized carbons (Fsp3) is 0.400. The fourth-order valence-corrected chi connectivity index (χ4v) is 5.24. The summed E-state index contributed by atoms with van der Waals surface area (Å²) >= 11 is 6.12. The highest BCUT2D eigenvalue weighted by atomic mass is 35.5. The number of anilines is 2. The van der Waals surface area contributed by atoms with Crippen LogP contribution in [0, 0.1) is 6.92 Å². The predicted molar refractivity (Wildman–Crippen MR) is 135 cm³/mol. The molecule has 0 spiro atoms. The molecule has 2 aliphatic heterocycles. The number of hydrogen-bond donors (Lipinski definition) is 2. The highest BCUT2D eigenvalue weighted by molar-refractivity contribution is 6.33. The van der Waals surface area contributed by atoms with Gasteiger partial charge < -0.3 is 20.0 Å². The van der Waals surface area contributed by atoms with E-state index in [1.54, 1.807) is 0 Å². The molecule has 5 rings (SSSR count). The van der Waals surface area contributed by atoms with Gasteiger partial charge in [0, 0.05) is 56.4 Å². The minimum absolute atomic E-state index is 0.00863. The number of pyridine rings is 2. The average molecular weight is 522 g/mol. The number of H-pyrrole nitrogens is 1. The van der Waals surface area contributed by atoms with Crippen molar-refractivity contribution in [1.82, 2.24) is 14.9 Å². The Hall–Kier alpha value is -3.11. The van der Waals surface area contributed by atoms with E-state index in [0.29, 0.717) is 25.5 Å². The van der Waals surface area contributed by atoms with Crippen LogP contribution < -0.4 is 15.8 Å². The lowest BCUT2D eigenvalue weighted by molar-refractivity contribution is -0.137. The van der Waals surface area contributed by atoms with E-state index in [9.17, 15) is 18.0 Å². The summed E-state index contributed by atoms with van der Waals surface area (Å²) in [6.07, 6.45) is -1.89. The number of carbonyl (C=O) groups excluding carboxylic acids is 1. The summed E-state index contributed by atoms with van der Waals surface area (Å²) < 4.78 is 38.7. The van der Waals surface area contributed by atoms with E-state index in [0.717, 1.165) is 78.0 Å². The van der Waals surface area contributed by atoms with Crippen molar-refractivity contribution in [2.45, 2.75) is 32.5 Å². The zero-order chi connectivity index (χ0) is 26.0. The zero-order valence-electron chi connectivity index (χ0n) is 19.8. The summed E-state index contributed by atoms with van der Waals surface area (Å²) in [6, 6.07) is 5.14. The third-order valence-electron chi connectivity index (χ3n) is 6.60. The summed E-state index contributed by atoms with van der Waals surface area (Å²) in [7, 11) is 0. The van der Waals surface area contributed by atoms with Gasteiger partial charge in [0.1, 0.15) is 12.6 Å². The highest BCUT2D eigenvalue weighted by Gasteiger charge is 2.32. The summed E-state index contributed by atoms with van der Waals surface area (Å²) in [5.74, 6) is 0.380.